The monoisotopic (exact) mass is 448 g/mol. The third kappa shape index (κ3) is 4.99. The van der Waals surface area contributed by atoms with E-state index in [2.05, 4.69) is 5.32 Å². The quantitative estimate of drug-likeness (QED) is 0.702. The van der Waals surface area contributed by atoms with Crippen molar-refractivity contribution in [3.05, 3.63) is 58.6 Å². The van der Waals surface area contributed by atoms with Crippen LogP contribution in [0, 0.1) is 5.92 Å². The molecule has 1 aliphatic heterocycles. The van der Waals surface area contributed by atoms with E-state index >= 15 is 0 Å². The summed E-state index contributed by atoms with van der Waals surface area (Å²) in [4.78, 5) is 26.7. The number of piperidine rings is 1. The third-order valence-electron chi connectivity index (χ3n) is 5.57. The van der Waals surface area contributed by atoms with Gasteiger partial charge in [0, 0.05) is 28.7 Å². The zero-order valence-electron chi connectivity index (χ0n) is 16.2. The Morgan fingerprint density at radius 3 is 2.00 bits per heavy atom. The fourth-order valence-corrected chi connectivity index (χ4v) is 4.37. The number of fused-ring (bicyclic) bond motifs is 2. The molecule has 2 fully saturated rings. The minimum Gasteiger partial charge on any atom is -0.484 e. The van der Waals surface area contributed by atoms with Crippen molar-refractivity contribution in [1.82, 2.24) is 10.2 Å². The number of carbonyl (C=O) groups is 2. The summed E-state index contributed by atoms with van der Waals surface area (Å²) in [6.07, 6.45) is 1.65. The number of halogens is 2. The number of likely N-dealkylation sites (tertiary alicyclic amines) is 1. The molecule has 1 saturated heterocycles. The van der Waals surface area contributed by atoms with Crippen molar-refractivity contribution >= 4 is 35.0 Å². The van der Waals surface area contributed by atoms with Crippen LogP contribution >= 0.6 is 23.2 Å². The van der Waals surface area contributed by atoms with E-state index in [1.807, 2.05) is 4.90 Å². The Labute approximate surface area is 185 Å². The number of nitrogens with one attached hydrogen (secondary N) is 1. The number of nitrogens with zero attached hydrogens (tertiary/aromatic N) is 1. The van der Waals surface area contributed by atoms with Gasteiger partial charge in [-0.3, -0.25) is 9.59 Å². The SMILES string of the molecule is O=C(COc1ccc(Cl)cc1)NC1CC2CC1CN2C(=O)COc1ccc(Cl)cc1. The first-order valence-electron chi connectivity index (χ1n) is 9.83. The lowest BCUT2D eigenvalue weighted by Gasteiger charge is -2.32. The van der Waals surface area contributed by atoms with Gasteiger partial charge in [-0.05, 0) is 67.3 Å². The third-order valence-corrected chi connectivity index (χ3v) is 6.07. The molecule has 158 valence electrons. The Kier molecular flexibility index (Phi) is 6.35. The van der Waals surface area contributed by atoms with Gasteiger partial charge < -0.3 is 19.7 Å². The Morgan fingerprint density at radius 2 is 1.47 bits per heavy atom. The second kappa shape index (κ2) is 9.14. The highest BCUT2D eigenvalue weighted by Gasteiger charge is 2.46. The second-order valence-electron chi connectivity index (χ2n) is 7.59. The summed E-state index contributed by atoms with van der Waals surface area (Å²) in [5.74, 6) is 1.27. The number of carbonyl (C=O) groups excluding carboxylic acids is 2. The molecule has 1 saturated carbocycles. The van der Waals surface area contributed by atoms with Crippen LogP contribution in [-0.2, 0) is 9.59 Å². The number of ether oxygens (including phenoxy) is 2. The van der Waals surface area contributed by atoms with E-state index in [9.17, 15) is 9.59 Å². The van der Waals surface area contributed by atoms with E-state index in [-0.39, 0.29) is 43.0 Å². The van der Waals surface area contributed by atoms with Gasteiger partial charge in [0.15, 0.2) is 13.2 Å². The van der Waals surface area contributed by atoms with Crippen LogP contribution in [0.3, 0.4) is 0 Å². The van der Waals surface area contributed by atoms with Crippen molar-refractivity contribution in [2.45, 2.75) is 24.9 Å². The van der Waals surface area contributed by atoms with E-state index in [1.54, 1.807) is 48.5 Å². The van der Waals surface area contributed by atoms with Crippen LogP contribution in [0.5, 0.6) is 11.5 Å². The van der Waals surface area contributed by atoms with Gasteiger partial charge >= 0.3 is 0 Å². The first-order chi connectivity index (χ1) is 14.5. The summed E-state index contributed by atoms with van der Waals surface area (Å²) < 4.78 is 11.1. The lowest BCUT2D eigenvalue weighted by atomic mass is 10.0. The Morgan fingerprint density at radius 1 is 0.900 bits per heavy atom. The Bertz CT molecular complexity index is 904. The number of rotatable bonds is 7. The maximum atomic E-state index is 12.5. The molecule has 1 N–H and O–H groups in total. The highest BCUT2D eigenvalue weighted by atomic mass is 35.5. The normalized spacial score (nSPS) is 22.1. The molecule has 8 heteroatoms. The van der Waals surface area contributed by atoms with Crippen molar-refractivity contribution in [2.75, 3.05) is 19.8 Å². The van der Waals surface area contributed by atoms with Crippen molar-refractivity contribution in [3.8, 4) is 11.5 Å². The zero-order chi connectivity index (χ0) is 21.1. The highest BCUT2D eigenvalue weighted by molar-refractivity contribution is 6.30. The average Bonchev–Trinajstić information content (AvgIpc) is 3.33. The lowest BCUT2D eigenvalue weighted by molar-refractivity contribution is -0.135. The molecule has 2 aliphatic rings. The molecule has 0 radical (unpaired) electrons. The summed E-state index contributed by atoms with van der Waals surface area (Å²) in [5.41, 5.74) is 0. The van der Waals surface area contributed by atoms with Gasteiger partial charge in [0.05, 0.1) is 0 Å². The van der Waals surface area contributed by atoms with Crippen LogP contribution in [0.2, 0.25) is 10.0 Å². The standard InChI is InChI=1S/C22H22Cl2N2O4/c23-15-1-5-18(6-2-15)29-12-21(27)25-20-10-17-9-14(20)11-26(17)22(28)13-30-19-7-3-16(24)4-8-19/h1-8,14,17,20H,9-13H2,(H,25,27). The molecule has 4 rings (SSSR count). The molecule has 2 aromatic carbocycles. The molecule has 6 nitrogen and oxygen atoms in total. The number of amides is 2. The minimum atomic E-state index is -0.161. The predicted octanol–water partition coefficient (Wildman–Crippen LogP) is 3.56. The van der Waals surface area contributed by atoms with E-state index in [0.717, 1.165) is 12.8 Å². The second-order valence-corrected chi connectivity index (χ2v) is 8.46. The predicted molar refractivity (Wildman–Crippen MR) is 114 cm³/mol. The summed E-state index contributed by atoms with van der Waals surface area (Å²) in [6.45, 7) is 0.584. The largest absolute Gasteiger partial charge is 0.484 e. The van der Waals surface area contributed by atoms with Crippen LogP contribution in [0.15, 0.2) is 48.5 Å². The average molecular weight is 449 g/mol. The van der Waals surface area contributed by atoms with Gasteiger partial charge in [-0.25, -0.2) is 0 Å². The van der Waals surface area contributed by atoms with E-state index in [0.29, 0.717) is 28.1 Å². The van der Waals surface area contributed by atoms with Crippen LogP contribution in [0.1, 0.15) is 12.8 Å². The maximum absolute atomic E-state index is 12.5. The van der Waals surface area contributed by atoms with Crippen molar-refractivity contribution in [2.24, 2.45) is 5.92 Å². The Balaban J connectivity index is 1.20. The van der Waals surface area contributed by atoms with E-state index in [4.69, 9.17) is 32.7 Å². The summed E-state index contributed by atoms with van der Waals surface area (Å²) in [7, 11) is 0. The molecule has 0 spiro atoms. The molecular weight excluding hydrogens is 427 g/mol. The molecule has 2 aromatic rings. The van der Waals surface area contributed by atoms with E-state index in [1.165, 1.54) is 0 Å². The van der Waals surface area contributed by atoms with Gasteiger partial charge in [0.1, 0.15) is 11.5 Å². The van der Waals surface area contributed by atoms with Gasteiger partial charge in [0.2, 0.25) is 0 Å². The molecule has 0 aromatic heterocycles. The van der Waals surface area contributed by atoms with Gasteiger partial charge in [0.25, 0.3) is 11.8 Å². The smallest absolute Gasteiger partial charge is 0.260 e. The topological polar surface area (TPSA) is 67.9 Å². The lowest BCUT2D eigenvalue weighted by Crippen LogP contribution is -2.49. The first kappa shape index (κ1) is 20.8. The molecule has 2 amide bonds. The number of hydrogen-bond donors (Lipinski definition) is 1. The molecule has 3 atom stereocenters. The molecular formula is C22H22Cl2N2O4. The van der Waals surface area contributed by atoms with Gasteiger partial charge in [-0.2, -0.15) is 0 Å². The molecule has 1 aliphatic carbocycles. The summed E-state index contributed by atoms with van der Waals surface area (Å²) in [5, 5.41) is 4.28. The molecule has 3 unspecified atom stereocenters. The molecule has 2 bridgehead atoms. The van der Waals surface area contributed by atoms with E-state index < -0.39 is 0 Å². The van der Waals surface area contributed by atoms with Crippen LogP contribution < -0.4 is 14.8 Å². The van der Waals surface area contributed by atoms with Crippen molar-refractivity contribution in [3.63, 3.8) is 0 Å². The summed E-state index contributed by atoms with van der Waals surface area (Å²) >= 11 is 11.7. The van der Waals surface area contributed by atoms with Crippen molar-refractivity contribution in [1.29, 1.82) is 0 Å². The maximum Gasteiger partial charge on any atom is 0.260 e. The van der Waals surface area contributed by atoms with Crippen molar-refractivity contribution < 1.29 is 19.1 Å². The zero-order valence-corrected chi connectivity index (χ0v) is 17.7. The van der Waals surface area contributed by atoms with Crippen LogP contribution in [0.25, 0.3) is 0 Å². The highest BCUT2D eigenvalue weighted by Crippen LogP contribution is 2.38. The molecule has 1 heterocycles. The van der Waals surface area contributed by atoms with Gasteiger partial charge in [-0.1, -0.05) is 23.2 Å². The first-order valence-corrected chi connectivity index (χ1v) is 10.6. The minimum absolute atomic E-state index is 0.00316. The number of benzene rings is 2. The van der Waals surface area contributed by atoms with Crippen LogP contribution in [0.4, 0.5) is 0 Å². The summed E-state index contributed by atoms with van der Waals surface area (Å²) in [6, 6.07) is 14.0. The van der Waals surface area contributed by atoms with Gasteiger partial charge in [-0.15, -0.1) is 0 Å². The molecule has 30 heavy (non-hydrogen) atoms. The number of hydrogen-bond acceptors (Lipinski definition) is 4. The van der Waals surface area contributed by atoms with Crippen LogP contribution in [-0.4, -0.2) is 48.6 Å². The Hall–Kier alpha value is -2.44. The fraction of sp³-hybridized carbons (Fsp3) is 0.364. The fourth-order valence-electron chi connectivity index (χ4n) is 4.12.